The van der Waals surface area contributed by atoms with Crippen LogP contribution < -0.4 is 5.32 Å². The smallest absolute Gasteiger partial charge is 0.357 e. The van der Waals surface area contributed by atoms with Crippen LogP contribution in [-0.4, -0.2) is 142 Å². The fourth-order valence-corrected chi connectivity index (χ4v) is 4.11. The molecule has 0 aliphatic carbocycles. The van der Waals surface area contributed by atoms with E-state index < -0.39 is 52.9 Å². The molecule has 0 saturated carbocycles. The number of carbonyl (C=O) groups excluding carboxylic acids is 6. The number of aliphatic carboxylic acids is 2. The van der Waals surface area contributed by atoms with Crippen molar-refractivity contribution in [2.45, 2.75) is 59.5 Å². The third kappa shape index (κ3) is 38.5. The minimum atomic E-state index is -2.37. The van der Waals surface area contributed by atoms with E-state index in [4.69, 9.17) is 42.2 Å². The van der Waals surface area contributed by atoms with Gasteiger partial charge in [0.2, 0.25) is 12.0 Å². The highest BCUT2D eigenvalue weighted by molar-refractivity contribution is 6.66. The Labute approximate surface area is 311 Å². The van der Waals surface area contributed by atoms with Gasteiger partial charge in [0.15, 0.2) is 0 Å². The normalized spacial score (nSPS) is 9.98. The Morgan fingerprint density at radius 3 is 1.32 bits per heavy atom. The summed E-state index contributed by atoms with van der Waals surface area (Å²) in [5.74, 6) is -4.45. The van der Waals surface area contributed by atoms with E-state index in [0.29, 0.717) is 12.3 Å². The van der Waals surface area contributed by atoms with Gasteiger partial charge in [-0.2, -0.15) is 0 Å². The molecule has 3 N–H and O–H groups in total. The zero-order valence-corrected chi connectivity index (χ0v) is 33.9. The van der Waals surface area contributed by atoms with Gasteiger partial charge in [0.25, 0.3) is 5.97 Å². The van der Waals surface area contributed by atoms with E-state index in [1.54, 1.807) is 14.2 Å². The molecule has 0 saturated heterocycles. The summed E-state index contributed by atoms with van der Waals surface area (Å²) in [4.78, 5) is 88.1. The lowest BCUT2D eigenvalue weighted by Gasteiger charge is -2.22. The number of carbonyl (C=O) groups is 7. The Morgan fingerprint density at radius 2 is 1.00 bits per heavy atom. The van der Waals surface area contributed by atoms with Gasteiger partial charge < -0.3 is 52.2 Å². The maximum atomic E-state index is 11.6. The second-order valence-electron chi connectivity index (χ2n) is 10.5. The molecule has 0 aromatic carbocycles. The van der Waals surface area contributed by atoms with Gasteiger partial charge in [0, 0.05) is 52.9 Å². The predicted molar refractivity (Wildman–Crippen MR) is 190 cm³/mol. The molecule has 20 nitrogen and oxygen atoms in total. The Kier molecular flexibility index (Phi) is 34.6. The molecule has 0 unspecified atom stereocenters. The summed E-state index contributed by atoms with van der Waals surface area (Å²) in [7, 11) is 1.65. The van der Waals surface area contributed by atoms with Crippen molar-refractivity contribution in [2.75, 3.05) is 67.2 Å². The number of isocyanates is 1. The monoisotopic (exact) mass is 798 g/mol. The van der Waals surface area contributed by atoms with Crippen LogP contribution in [0.3, 0.4) is 0 Å². The summed E-state index contributed by atoms with van der Waals surface area (Å²) < 4.78 is 39.4. The summed E-state index contributed by atoms with van der Waals surface area (Å²) in [6.07, 6.45) is 1.53. The highest BCUT2D eigenvalue weighted by atomic mass is 28.4. The van der Waals surface area contributed by atoms with Crippen LogP contribution in [0.5, 0.6) is 0 Å². The molecule has 0 spiro atoms. The number of carboxylic acids is 2. The second kappa shape index (κ2) is 33.3. The number of hydrogen-bond donors (Lipinski definition) is 3. The summed E-state index contributed by atoms with van der Waals surface area (Å²) in [5.41, 5.74) is 0.535. The van der Waals surface area contributed by atoms with E-state index >= 15 is 0 Å². The van der Waals surface area contributed by atoms with Gasteiger partial charge in [-0.15, -0.1) is 0 Å². The van der Waals surface area contributed by atoms with Crippen molar-refractivity contribution in [3.05, 3.63) is 24.3 Å². The third-order valence-corrected chi connectivity index (χ3v) is 10.7. The number of aliphatic imine (C=N–C) groups is 1. The van der Waals surface area contributed by atoms with Crippen molar-refractivity contribution in [3.63, 3.8) is 0 Å². The molecule has 53 heavy (non-hydrogen) atoms. The van der Waals surface area contributed by atoms with Crippen LogP contribution in [0.1, 0.15) is 46.5 Å². The molecule has 0 aromatic heterocycles. The molecule has 0 atom stereocenters. The average Bonchev–Trinajstić information content (AvgIpc) is 3.11. The van der Waals surface area contributed by atoms with Crippen LogP contribution in [0.25, 0.3) is 0 Å². The van der Waals surface area contributed by atoms with Gasteiger partial charge in [0.1, 0.15) is 26.4 Å². The molecule has 0 aromatic rings. The number of ether oxygens (including phenoxy) is 4. The number of nitrogens with one attached hydrogen (secondary N) is 1. The number of esters is 4. The number of nitrogens with zero attached hydrogens (tertiary/aromatic N) is 1. The lowest BCUT2D eigenvalue weighted by Crippen LogP contribution is -2.48. The topological polar surface area (TPSA) is 275 Å². The standard InChI is InChI=1S/C14H25NO7Si.C10H14O6.C5H11NO3Si.C2H4O2/c1-11(2)14(18)22-9-8-21-13(17)7-6-12(16)15-10-23(5,19-3)20-4;1-7(2)10(14)16-6-5-15-9(13)4-3-8(11)12;1-8-10(3,9-2)5-6-4-7;1-2(3)4/h1,6-10H2,2-5H3,(H,15,16);1,3-6H2,2H3,(H,11,12);5H2,1-3H3;1H3,(H,3,4). The Morgan fingerprint density at radius 1 is 0.642 bits per heavy atom. The van der Waals surface area contributed by atoms with Crippen LogP contribution in [0.15, 0.2) is 29.3 Å². The Balaban J connectivity index is -0.000000345. The van der Waals surface area contributed by atoms with Crippen molar-refractivity contribution in [3.8, 4) is 0 Å². The molecule has 1 amide bonds. The SMILES string of the molecule is C=C(C)C(=O)OCCOC(=O)CCC(=O)NC[Si](C)(OC)OC.C=C(C)C(=O)OCCOC(=O)CCC(=O)O.CC(=O)O.CO[Si](C)(CN=C=O)OC. The highest BCUT2D eigenvalue weighted by Crippen LogP contribution is 2.04. The lowest BCUT2D eigenvalue weighted by atomic mass is 10.3. The van der Waals surface area contributed by atoms with Crippen molar-refractivity contribution in [2.24, 2.45) is 4.99 Å². The van der Waals surface area contributed by atoms with Gasteiger partial charge >= 0.3 is 47.0 Å². The van der Waals surface area contributed by atoms with E-state index in [9.17, 15) is 33.6 Å². The van der Waals surface area contributed by atoms with Gasteiger partial charge in [-0.25, -0.2) is 19.4 Å². The van der Waals surface area contributed by atoms with E-state index in [1.807, 2.05) is 13.1 Å². The number of rotatable bonds is 22. The first-order valence-electron chi connectivity index (χ1n) is 15.5. The number of hydrogen-bond acceptors (Lipinski definition) is 17. The summed E-state index contributed by atoms with van der Waals surface area (Å²) in [6.45, 7) is 14.3. The van der Waals surface area contributed by atoms with Gasteiger partial charge in [-0.05, 0) is 26.9 Å². The van der Waals surface area contributed by atoms with E-state index in [1.165, 1.54) is 34.1 Å². The molecule has 0 radical (unpaired) electrons. The minimum Gasteiger partial charge on any atom is -0.481 e. The molecule has 0 aliphatic heterocycles. The van der Waals surface area contributed by atoms with Crippen molar-refractivity contribution >= 4 is 64.9 Å². The highest BCUT2D eigenvalue weighted by Gasteiger charge is 2.29. The van der Waals surface area contributed by atoms with E-state index in [-0.39, 0.29) is 69.2 Å². The molecular formula is C31H54N2O18Si2. The van der Waals surface area contributed by atoms with Gasteiger partial charge in [0.05, 0.1) is 31.6 Å². The van der Waals surface area contributed by atoms with E-state index in [0.717, 1.165) is 6.92 Å². The first-order valence-corrected chi connectivity index (χ1v) is 20.5. The van der Waals surface area contributed by atoms with Crippen molar-refractivity contribution in [1.82, 2.24) is 5.32 Å². The predicted octanol–water partition coefficient (Wildman–Crippen LogP) is 1.28. The molecule has 0 fully saturated rings. The fourth-order valence-electron chi connectivity index (χ4n) is 2.36. The van der Waals surface area contributed by atoms with Crippen LogP contribution >= 0.6 is 0 Å². The zero-order valence-electron chi connectivity index (χ0n) is 31.9. The van der Waals surface area contributed by atoms with Crippen LogP contribution in [-0.2, 0) is 75.0 Å². The number of amides is 1. The van der Waals surface area contributed by atoms with Crippen LogP contribution in [0, 0.1) is 0 Å². The first-order chi connectivity index (χ1) is 24.6. The lowest BCUT2D eigenvalue weighted by molar-refractivity contribution is -0.151. The van der Waals surface area contributed by atoms with Crippen molar-refractivity contribution in [1.29, 1.82) is 0 Å². The summed E-state index contributed by atoms with van der Waals surface area (Å²) in [6, 6.07) is 0. The molecule has 0 rings (SSSR count). The average molecular weight is 799 g/mol. The van der Waals surface area contributed by atoms with E-state index in [2.05, 4.69) is 32.9 Å². The molecule has 0 bridgehead atoms. The zero-order chi connectivity index (χ0) is 42.0. The maximum Gasteiger partial charge on any atom is 0.357 e. The minimum absolute atomic E-state index is 0.00228. The summed E-state index contributed by atoms with van der Waals surface area (Å²) >= 11 is 0. The third-order valence-electron chi connectivity index (χ3n) is 5.72. The molecule has 0 heterocycles. The quantitative estimate of drug-likeness (QED) is 0.0265. The largest absolute Gasteiger partial charge is 0.481 e. The van der Waals surface area contributed by atoms with Gasteiger partial charge in [-0.1, -0.05) is 13.2 Å². The molecule has 22 heteroatoms. The van der Waals surface area contributed by atoms with Crippen LogP contribution in [0.4, 0.5) is 0 Å². The summed E-state index contributed by atoms with van der Waals surface area (Å²) in [5, 5.41) is 18.4. The Hall–Kier alpha value is -4.58. The number of carboxylic acid groups (broad SMARTS) is 2. The first kappa shape index (κ1) is 55.2. The van der Waals surface area contributed by atoms with Gasteiger partial charge in [-0.3, -0.25) is 24.0 Å². The Bertz CT molecular complexity index is 1230. The molecule has 0 aliphatic rings. The molecular weight excluding hydrogens is 745 g/mol. The fraction of sp³-hybridized carbons (Fsp3) is 0.613. The maximum absolute atomic E-state index is 11.6. The van der Waals surface area contributed by atoms with Crippen molar-refractivity contribution < 1.29 is 85.2 Å². The second-order valence-corrected chi connectivity index (χ2v) is 17.3. The van der Waals surface area contributed by atoms with Crippen LogP contribution in [0.2, 0.25) is 13.1 Å². The molecule has 304 valence electrons.